The average molecular weight is 552 g/mol. The summed E-state index contributed by atoms with van der Waals surface area (Å²) >= 11 is 0. The Balaban J connectivity index is 1.43. The van der Waals surface area contributed by atoms with Crippen LogP contribution in [0.25, 0.3) is 22.6 Å². The zero-order valence-electron chi connectivity index (χ0n) is 23.7. The highest BCUT2D eigenvalue weighted by atomic mass is 16.6. The number of piperidine rings is 1. The molecule has 1 aromatic carbocycles. The number of benzene rings is 1. The quantitative estimate of drug-likeness (QED) is 0.448. The topological polar surface area (TPSA) is 128 Å². The number of rotatable bonds is 7. The van der Waals surface area contributed by atoms with Crippen LogP contribution in [0.4, 0.5) is 4.79 Å². The second-order valence-electron chi connectivity index (χ2n) is 11.7. The minimum absolute atomic E-state index is 0.173. The molecule has 0 radical (unpaired) electrons. The molecule has 2 aliphatic rings. The number of aromatic carboxylic acids is 1. The third kappa shape index (κ3) is 5.64. The van der Waals surface area contributed by atoms with Gasteiger partial charge in [-0.15, -0.1) is 0 Å². The number of carbonyl (C=O) groups is 3. The Bertz CT molecular complexity index is 1460. The predicted molar refractivity (Wildman–Crippen MR) is 149 cm³/mol. The second kappa shape index (κ2) is 10.5. The molecular weight excluding hydrogens is 514 g/mol. The summed E-state index contributed by atoms with van der Waals surface area (Å²) in [7, 11) is 3.41. The number of hydrogen-bond donors (Lipinski definition) is 2. The van der Waals surface area contributed by atoms with Gasteiger partial charge in [-0.2, -0.15) is 0 Å². The lowest BCUT2D eigenvalue weighted by Crippen LogP contribution is -2.50. The van der Waals surface area contributed by atoms with Crippen molar-refractivity contribution in [2.45, 2.75) is 64.6 Å². The number of nitrogens with one attached hydrogen (secondary N) is 1. The number of hydrogen-bond acceptors (Lipinski definition) is 6. The van der Waals surface area contributed by atoms with Crippen LogP contribution in [-0.2, 0) is 18.3 Å². The SMILES string of the molecule is COc1cc(C(=O)N2CCCC(NC(=O)OC(C)(C)C)C2)cc2nc(-c3ccc(C(=O)O)n3CC3CC3)n(C)c12. The van der Waals surface area contributed by atoms with Crippen LogP contribution in [-0.4, -0.2) is 73.9 Å². The Morgan fingerprint density at radius 2 is 1.90 bits per heavy atom. The van der Waals surface area contributed by atoms with Crippen molar-refractivity contribution in [2.75, 3.05) is 20.2 Å². The number of carboxylic acids is 1. The minimum atomic E-state index is -0.975. The van der Waals surface area contributed by atoms with Crippen molar-refractivity contribution in [2.24, 2.45) is 13.0 Å². The fraction of sp³-hybridized carbons (Fsp3) is 0.517. The molecule has 1 unspecified atom stereocenters. The van der Waals surface area contributed by atoms with Crippen LogP contribution in [0.5, 0.6) is 5.75 Å². The Morgan fingerprint density at radius 1 is 1.15 bits per heavy atom. The Labute approximate surface area is 233 Å². The number of nitrogens with zero attached hydrogens (tertiary/aromatic N) is 4. The summed E-state index contributed by atoms with van der Waals surface area (Å²) in [5.74, 6) is 0.424. The molecule has 2 aromatic heterocycles. The molecule has 5 rings (SSSR count). The number of likely N-dealkylation sites (tertiary alicyclic amines) is 1. The van der Waals surface area contributed by atoms with Gasteiger partial charge in [0.25, 0.3) is 5.91 Å². The number of alkyl carbamates (subject to hydrolysis) is 1. The normalized spacial score (nSPS) is 17.6. The van der Waals surface area contributed by atoms with E-state index in [9.17, 15) is 19.5 Å². The highest BCUT2D eigenvalue weighted by molar-refractivity contribution is 6.00. The molecule has 214 valence electrons. The Hall–Kier alpha value is -4.02. The largest absolute Gasteiger partial charge is 0.494 e. The molecule has 1 aliphatic carbocycles. The standard InChI is InChI=1S/C29H37N5O6/c1-29(2,3)40-28(38)30-19-7-6-12-33(16-19)26(35)18-13-20-24(23(14-18)39-5)32(4)25(31-20)21-10-11-22(27(36)37)34(21)15-17-8-9-17/h10-11,13-14,17,19H,6-9,12,15-16H2,1-5H3,(H,30,38)(H,36,37). The van der Waals surface area contributed by atoms with Crippen LogP contribution in [0.15, 0.2) is 24.3 Å². The first-order valence-electron chi connectivity index (χ1n) is 13.7. The molecule has 1 saturated heterocycles. The summed E-state index contributed by atoms with van der Waals surface area (Å²) in [5, 5.41) is 12.6. The fourth-order valence-corrected chi connectivity index (χ4v) is 5.36. The zero-order valence-corrected chi connectivity index (χ0v) is 23.7. The van der Waals surface area contributed by atoms with E-state index in [1.807, 2.05) is 37.0 Å². The number of imidazole rings is 1. The van der Waals surface area contributed by atoms with Crippen molar-refractivity contribution in [1.82, 2.24) is 24.3 Å². The van der Waals surface area contributed by atoms with Crippen LogP contribution in [0.2, 0.25) is 0 Å². The lowest BCUT2D eigenvalue weighted by atomic mass is 10.0. The van der Waals surface area contributed by atoms with Crippen LogP contribution in [0.1, 0.15) is 67.3 Å². The molecule has 0 spiro atoms. The van der Waals surface area contributed by atoms with E-state index in [1.165, 1.54) is 0 Å². The molecule has 3 aromatic rings. The maximum Gasteiger partial charge on any atom is 0.407 e. The summed E-state index contributed by atoms with van der Waals surface area (Å²) in [6.45, 7) is 7.01. The minimum Gasteiger partial charge on any atom is -0.494 e. The monoisotopic (exact) mass is 551 g/mol. The molecule has 2 amide bonds. The van der Waals surface area contributed by atoms with Gasteiger partial charge in [-0.1, -0.05) is 0 Å². The van der Waals surface area contributed by atoms with Gasteiger partial charge in [0.1, 0.15) is 22.6 Å². The summed E-state index contributed by atoms with van der Waals surface area (Å²) in [6, 6.07) is 6.66. The van der Waals surface area contributed by atoms with Gasteiger partial charge in [0.2, 0.25) is 0 Å². The summed E-state index contributed by atoms with van der Waals surface area (Å²) in [4.78, 5) is 44.4. The number of carbonyl (C=O) groups excluding carboxylic acids is 2. The molecule has 40 heavy (non-hydrogen) atoms. The lowest BCUT2D eigenvalue weighted by molar-refractivity contribution is 0.0452. The number of methoxy groups -OCH3 is 1. The smallest absolute Gasteiger partial charge is 0.407 e. The van der Waals surface area contributed by atoms with E-state index in [-0.39, 0.29) is 17.6 Å². The predicted octanol–water partition coefficient (Wildman–Crippen LogP) is 4.29. The van der Waals surface area contributed by atoms with Gasteiger partial charge >= 0.3 is 12.1 Å². The molecular formula is C29H37N5O6. The van der Waals surface area contributed by atoms with Crippen molar-refractivity contribution in [3.05, 3.63) is 35.5 Å². The molecule has 11 nitrogen and oxygen atoms in total. The molecule has 0 bridgehead atoms. The van der Waals surface area contributed by atoms with E-state index in [2.05, 4.69) is 5.32 Å². The van der Waals surface area contributed by atoms with E-state index in [4.69, 9.17) is 14.5 Å². The number of carboxylic acid groups (broad SMARTS) is 1. The van der Waals surface area contributed by atoms with Crippen molar-refractivity contribution in [1.29, 1.82) is 0 Å². The van der Waals surface area contributed by atoms with Crippen molar-refractivity contribution >= 4 is 29.0 Å². The molecule has 2 N–H and O–H groups in total. The van der Waals surface area contributed by atoms with Crippen molar-refractivity contribution in [3.8, 4) is 17.3 Å². The summed E-state index contributed by atoms with van der Waals surface area (Å²) in [5.41, 5.74) is 2.08. The summed E-state index contributed by atoms with van der Waals surface area (Å²) < 4.78 is 14.8. The second-order valence-corrected chi connectivity index (χ2v) is 11.7. The van der Waals surface area contributed by atoms with Crippen molar-refractivity contribution < 1.29 is 29.0 Å². The number of fused-ring (bicyclic) bond motifs is 1. The molecule has 1 saturated carbocycles. The first-order chi connectivity index (χ1) is 18.9. The molecule has 3 heterocycles. The van der Waals surface area contributed by atoms with Crippen LogP contribution < -0.4 is 10.1 Å². The molecule has 1 aliphatic heterocycles. The van der Waals surface area contributed by atoms with Gasteiger partial charge in [-0.3, -0.25) is 4.79 Å². The van der Waals surface area contributed by atoms with E-state index in [0.29, 0.717) is 59.4 Å². The van der Waals surface area contributed by atoms with Crippen LogP contribution in [0.3, 0.4) is 0 Å². The molecule has 11 heteroatoms. The number of aromatic nitrogens is 3. The highest BCUT2D eigenvalue weighted by Crippen LogP contribution is 2.36. The molecule has 1 atom stereocenters. The maximum absolute atomic E-state index is 13.6. The van der Waals surface area contributed by atoms with Gasteiger partial charge in [0, 0.05) is 38.3 Å². The third-order valence-corrected chi connectivity index (χ3v) is 7.40. The first kappa shape index (κ1) is 27.5. The van der Waals surface area contributed by atoms with E-state index >= 15 is 0 Å². The number of ether oxygens (including phenoxy) is 2. The van der Waals surface area contributed by atoms with Gasteiger partial charge in [0.15, 0.2) is 5.82 Å². The maximum atomic E-state index is 13.6. The number of aryl methyl sites for hydroxylation is 1. The fourth-order valence-electron chi connectivity index (χ4n) is 5.36. The van der Waals surface area contributed by atoms with Crippen LogP contribution in [0, 0.1) is 5.92 Å². The average Bonchev–Trinajstić information content (AvgIpc) is 3.51. The highest BCUT2D eigenvalue weighted by Gasteiger charge is 2.30. The Morgan fingerprint density at radius 3 is 2.55 bits per heavy atom. The van der Waals surface area contributed by atoms with Gasteiger partial charge in [-0.05, 0) is 76.6 Å². The van der Waals surface area contributed by atoms with E-state index in [0.717, 1.165) is 25.7 Å². The molecule has 2 fully saturated rings. The zero-order chi connectivity index (χ0) is 28.8. The summed E-state index contributed by atoms with van der Waals surface area (Å²) in [6.07, 6.45) is 3.19. The third-order valence-electron chi connectivity index (χ3n) is 7.40. The van der Waals surface area contributed by atoms with Crippen LogP contribution >= 0.6 is 0 Å². The Kier molecular flexibility index (Phi) is 7.24. The first-order valence-corrected chi connectivity index (χ1v) is 13.7. The van der Waals surface area contributed by atoms with Gasteiger partial charge in [-0.25, -0.2) is 14.6 Å². The van der Waals surface area contributed by atoms with Gasteiger partial charge < -0.3 is 33.9 Å². The van der Waals surface area contributed by atoms with Gasteiger partial charge in [0.05, 0.1) is 18.3 Å². The number of amides is 2. The van der Waals surface area contributed by atoms with E-state index < -0.39 is 17.7 Å². The van der Waals surface area contributed by atoms with E-state index in [1.54, 1.807) is 36.3 Å². The van der Waals surface area contributed by atoms with Crippen molar-refractivity contribution in [3.63, 3.8) is 0 Å². The lowest BCUT2D eigenvalue weighted by Gasteiger charge is -2.33.